The van der Waals surface area contributed by atoms with Crippen molar-refractivity contribution >= 4 is 0 Å². The number of aromatic nitrogens is 1. The van der Waals surface area contributed by atoms with Gasteiger partial charge in [-0.05, 0) is 18.2 Å². The van der Waals surface area contributed by atoms with Gasteiger partial charge in [0.05, 0.1) is 6.54 Å². The average Bonchev–Trinajstić information content (AvgIpc) is 2.73. The molecule has 0 unspecified atom stereocenters. The maximum absolute atomic E-state index is 9.53. The molecule has 3 N–H and O–H groups in total. The summed E-state index contributed by atoms with van der Waals surface area (Å²) in [5.41, 5.74) is 3.71. The Morgan fingerprint density at radius 3 is 2.53 bits per heavy atom. The van der Waals surface area contributed by atoms with Gasteiger partial charge in [-0.3, -0.25) is 4.68 Å². The van der Waals surface area contributed by atoms with E-state index in [2.05, 4.69) is 5.43 Å². The third-order valence-corrected chi connectivity index (χ3v) is 2.15. The van der Waals surface area contributed by atoms with Gasteiger partial charge in [0.25, 0.3) is 0 Å². The number of nitrogens with zero attached hydrogens (tertiary/aromatic N) is 1. The van der Waals surface area contributed by atoms with E-state index in [0.29, 0.717) is 12.1 Å². The predicted molar refractivity (Wildman–Crippen MR) is 57.3 cm³/mol. The largest absolute Gasteiger partial charge is 0.504 e. The number of phenols is 2. The number of para-hydroxylation sites is 1. The second kappa shape index (κ2) is 3.96. The predicted octanol–water partition coefficient (Wildman–Crippen LogP) is 1.64. The number of hydrogen-bond acceptors (Lipinski definition) is 3. The minimum atomic E-state index is -0.0955. The Hall–Kier alpha value is -2.10. The lowest BCUT2D eigenvalue weighted by molar-refractivity contribution is 0.399. The molecule has 0 spiro atoms. The zero-order valence-electron chi connectivity index (χ0n) is 8.09. The Morgan fingerprint density at radius 2 is 1.80 bits per heavy atom. The molecule has 0 radical (unpaired) electrons. The van der Waals surface area contributed by atoms with Gasteiger partial charge in [0, 0.05) is 18.0 Å². The molecule has 0 fully saturated rings. The Kier molecular flexibility index (Phi) is 2.49. The quantitative estimate of drug-likeness (QED) is 0.666. The van der Waals surface area contributed by atoms with Crippen LogP contribution in [0.4, 0.5) is 0 Å². The molecule has 78 valence electrons. The molecule has 15 heavy (non-hydrogen) atoms. The normalized spacial score (nSPS) is 10.1. The summed E-state index contributed by atoms with van der Waals surface area (Å²) >= 11 is 0. The summed E-state index contributed by atoms with van der Waals surface area (Å²) in [5, 5.41) is 18.8. The molecule has 2 aromatic rings. The van der Waals surface area contributed by atoms with Crippen molar-refractivity contribution in [1.29, 1.82) is 0 Å². The summed E-state index contributed by atoms with van der Waals surface area (Å²) < 4.78 is 1.78. The molecule has 4 heteroatoms. The molecule has 1 heterocycles. The van der Waals surface area contributed by atoms with Gasteiger partial charge in [0.2, 0.25) is 0 Å². The van der Waals surface area contributed by atoms with Gasteiger partial charge < -0.3 is 15.6 Å². The molecule has 0 amide bonds. The van der Waals surface area contributed by atoms with Crippen molar-refractivity contribution in [3.05, 3.63) is 48.3 Å². The second-order valence-electron chi connectivity index (χ2n) is 3.21. The molecule has 4 nitrogen and oxygen atoms in total. The summed E-state index contributed by atoms with van der Waals surface area (Å²) in [6.45, 7) is 0.453. The molecule has 0 saturated heterocycles. The summed E-state index contributed by atoms with van der Waals surface area (Å²) in [5.74, 6) is -0.168. The molecule has 0 aliphatic rings. The topological polar surface area (TPSA) is 57.4 Å². The van der Waals surface area contributed by atoms with Gasteiger partial charge in [-0.1, -0.05) is 12.1 Å². The van der Waals surface area contributed by atoms with Crippen LogP contribution in [0.15, 0.2) is 42.7 Å². The monoisotopic (exact) mass is 204 g/mol. The van der Waals surface area contributed by atoms with Crippen LogP contribution in [0.25, 0.3) is 0 Å². The van der Waals surface area contributed by atoms with E-state index in [4.69, 9.17) is 0 Å². The summed E-state index contributed by atoms with van der Waals surface area (Å²) in [7, 11) is 0. The first-order chi connectivity index (χ1) is 7.27. The molecule has 0 aliphatic carbocycles. The fourth-order valence-electron chi connectivity index (χ4n) is 1.34. The lowest BCUT2D eigenvalue weighted by Crippen LogP contribution is -2.11. The second-order valence-corrected chi connectivity index (χ2v) is 3.21. The lowest BCUT2D eigenvalue weighted by atomic mass is 10.2. The van der Waals surface area contributed by atoms with Crippen molar-refractivity contribution in [3.63, 3.8) is 0 Å². The molecular weight excluding hydrogens is 192 g/mol. The van der Waals surface area contributed by atoms with Crippen LogP contribution in [0.3, 0.4) is 0 Å². The number of aromatic hydroxyl groups is 2. The Morgan fingerprint density at radius 1 is 1.07 bits per heavy atom. The van der Waals surface area contributed by atoms with Gasteiger partial charge >= 0.3 is 0 Å². The van der Waals surface area contributed by atoms with E-state index in [1.807, 2.05) is 24.5 Å². The van der Waals surface area contributed by atoms with Crippen LogP contribution >= 0.6 is 0 Å². The molecule has 1 aromatic heterocycles. The van der Waals surface area contributed by atoms with Crippen molar-refractivity contribution in [2.45, 2.75) is 6.54 Å². The van der Waals surface area contributed by atoms with Crippen molar-refractivity contribution in [1.82, 2.24) is 4.68 Å². The fourth-order valence-corrected chi connectivity index (χ4v) is 1.34. The highest BCUT2D eigenvalue weighted by Gasteiger charge is 2.04. The minimum Gasteiger partial charge on any atom is -0.504 e. The highest BCUT2D eigenvalue weighted by atomic mass is 16.3. The Labute approximate surface area is 87.4 Å². The van der Waals surface area contributed by atoms with Crippen molar-refractivity contribution in [3.8, 4) is 11.5 Å². The van der Waals surface area contributed by atoms with E-state index in [1.54, 1.807) is 16.8 Å². The van der Waals surface area contributed by atoms with E-state index in [1.165, 1.54) is 6.07 Å². The maximum atomic E-state index is 9.53. The molecule has 0 saturated carbocycles. The molecule has 0 aliphatic heterocycles. The molecule has 0 atom stereocenters. The first-order valence-electron chi connectivity index (χ1n) is 4.64. The Bertz CT molecular complexity index is 438. The average molecular weight is 204 g/mol. The third kappa shape index (κ3) is 2.04. The summed E-state index contributed by atoms with van der Waals surface area (Å²) in [6, 6.07) is 8.70. The first-order valence-corrected chi connectivity index (χ1v) is 4.64. The zero-order chi connectivity index (χ0) is 10.7. The number of benzene rings is 1. The van der Waals surface area contributed by atoms with E-state index in [9.17, 15) is 10.2 Å². The number of phenolic OH excluding ortho intramolecular Hbond substituents is 2. The summed E-state index contributed by atoms with van der Waals surface area (Å²) in [6.07, 6.45) is 3.72. The molecular formula is C11H12N2O2. The van der Waals surface area contributed by atoms with Gasteiger partial charge in [0.1, 0.15) is 0 Å². The first kappa shape index (κ1) is 9.45. The molecule has 0 bridgehead atoms. The van der Waals surface area contributed by atoms with Crippen LogP contribution in [-0.4, -0.2) is 14.9 Å². The highest BCUT2D eigenvalue weighted by molar-refractivity contribution is 5.44. The van der Waals surface area contributed by atoms with Crippen LogP contribution in [0.2, 0.25) is 0 Å². The summed E-state index contributed by atoms with van der Waals surface area (Å²) in [4.78, 5) is 0. The smallest absolute Gasteiger partial charge is 0.162 e. The van der Waals surface area contributed by atoms with Crippen LogP contribution in [-0.2, 0) is 6.54 Å². The standard InChI is InChI=1S/C11H12N2O2/c14-10-5-3-4-9(11(10)15)8-12-13-6-1-2-7-13/h1-7,12,14-15H,8H2. The SMILES string of the molecule is Oc1cccc(CNn2cccc2)c1O. The minimum absolute atomic E-state index is 0.0721. The van der Waals surface area contributed by atoms with Crippen molar-refractivity contribution in [2.24, 2.45) is 0 Å². The van der Waals surface area contributed by atoms with E-state index in [-0.39, 0.29) is 11.5 Å². The van der Waals surface area contributed by atoms with E-state index < -0.39 is 0 Å². The fraction of sp³-hybridized carbons (Fsp3) is 0.0909. The van der Waals surface area contributed by atoms with Gasteiger partial charge in [0.15, 0.2) is 11.5 Å². The highest BCUT2D eigenvalue weighted by Crippen LogP contribution is 2.27. The molecule has 1 aromatic carbocycles. The van der Waals surface area contributed by atoms with Crippen molar-refractivity contribution < 1.29 is 10.2 Å². The van der Waals surface area contributed by atoms with Gasteiger partial charge in [-0.15, -0.1) is 0 Å². The van der Waals surface area contributed by atoms with Crippen LogP contribution in [0.5, 0.6) is 11.5 Å². The zero-order valence-corrected chi connectivity index (χ0v) is 8.09. The van der Waals surface area contributed by atoms with Gasteiger partial charge in [-0.2, -0.15) is 0 Å². The maximum Gasteiger partial charge on any atom is 0.162 e. The Balaban J connectivity index is 2.08. The number of rotatable bonds is 3. The van der Waals surface area contributed by atoms with Crippen LogP contribution < -0.4 is 5.43 Å². The van der Waals surface area contributed by atoms with Crippen LogP contribution in [0, 0.1) is 0 Å². The number of nitrogens with one attached hydrogen (secondary N) is 1. The van der Waals surface area contributed by atoms with Crippen molar-refractivity contribution in [2.75, 3.05) is 5.43 Å². The third-order valence-electron chi connectivity index (χ3n) is 2.15. The van der Waals surface area contributed by atoms with E-state index >= 15 is 0 Å². The lowest BCUT2D eigenvalue weighted by Gasteiger charge is -2.09. The number of hydrogen-bond donors (Lipinski definition) is 3. The molecule has 2 rings (SSSR count). The van der Waals surface area contributed by atoms with Gasteiger partial charge in [-0.25, -0.2) is 0 Å². The van der Waals surface area contributed by atoms with Crippen LogP contribution in [0.1, 0.15) is 5.56 Å². The van der Waals surface area contributed by atoms with E-state index in [0.717, 1.165) is 0 Å².